The van der Waals surface area contributed by atoms with Crippen molar-refractivity contribution >= 4 is 55.0 Å². The lowest BCUT2D eigenvalue weighted by molar-refractivity contribution is -0.123. The van der Waals surface area contributed by atoms with E-state index in [4.69, 9.17) is 0 Å². The Kier molecular flexibility index (Phi) is 7.11. The number of nitrogens with zero attached hydrogens (tertiary/aromatic N) is 2. The Hall–Kier alpha value is -2.56. The molecule has 1 fully saturated rings. The fourth-order valence-corrected chi connectivity index (χ4v) is 6.01. The number of hydrogen-bond acceptors (Lipinski definition) is 5. The number of rotatable bonds is 7. The number of hydrogen-bond donors (Lipinski definition) is 1. The molecule has 0 spiro atoms. The van der Waals surface area contributed by atoms with E-state index in [2.05, 4.69) is 21.2 Å². The predicted molar refractivity (Wildman–Crippen MR) is 129 cm³/mol. The normalized spacial score (nSPS) is 17.0. The summed E-state index contributed by atoms with van der Waals surface area (Å²) in [4.78, 5) is 38.6. The van der Waals surface area contributed by atoms with Crippen molar-refractivity contribution in [3.8, 4) is 0 Å². The highest BCUT2D eigenvalue weighted by Crippen LogP contribution is 2.36. The number of sulfonamides is 1. The largest absolute Gasteiger partial charge is 0.326 e. The molecule has 176 valence electrons. The third-order valence-corrected chi connectivity index (χ3v) is 8.35. The van der Waals surface area contributed by atoms with Crippen molar-refractivity contribution < 1.29 is 22.8 Å². The first-order valence-electron chi connectivity index (χ1n) is 10.4. The number of anilines is 2. The summed E-state index contributed by atoms with van der Waals surface area (Å²) in [6.45, 7) is 6.70. The Bertz CT molecular complexity index is 1180. The molecule has 8 nitrogen and oxygen atoms in total. The molecule has 2 aromatic rings. The van der Waals surface area contributed by atoms with Gasteiger partial charge in [0.05, 0.1) is 17.0 Å². The first kappa shape index (κ1) is 25.1. The lowest BCUT2D eigenvalue weighted by atomic mass is 10.00. The van der Waals surface area contributed by atoms with E-state index < -0.39 is 33.4 Å². The quantitative estimate of drug-likeness (QED) is 0.541. The molecule has 0 saturated carbocycles. The molecule has 0 bridgehead atoms. The first-order chi connectivity index (χ1) is 15.4. The average molecular weight is 536 g/mol. The van der Waals surface area contributed by atoms with Crippen LogP contribution in [0.25, 0.3) is 0 Å². The van der Waals surface area contributed by atoms with E-state index in [0.717, 1.165) is 9.37 Å². The second-order valence-corrected chi connectivity index (χ2v) is 11.2. The fourth-order valence-electron chi connectivity index (χ4n) is 3.76. The van der Waals surface area contributed by atoms with Crippen LogP contribution in [0, 0.1) is 0 Å². The number of halogens is 1. The summed E-state index contributed by atoms with van der Waals surface area (Å²) in [7, 11) is -4.09. The number of nitrogens with one attached hydrogen (secondary N) is 1. The van der Waals surface area contributed by atoms with Gasteiger partial charge in [-0.15, -0.1) is 0 Å². The number of imide groups is 1. The van der Waals surface area contributed by atoms with Gasteiger partial charge in [0.15, 0.2) is 0 Å². The molecule has 1 aliphatic rings. The standard InChI is InChI=1S/C23H26BrN3O5S/c1-5-23(3,4)27(33(31,32)19-12-6-16(24)7-13-19)20-14-21(29)26(22(20)30)18-10-8-17(9-11-18)25-15(2)28/h6-13,20H,5,14H2,1-4H3,(H,25,28). The van der Waals surface area contributed by atoms with Crippen molar-refractivity contribution in [1.29, 1.82) is 0 Å². The Morgan fingerprint density at radius 2 is 1.70 bits per heavy atom. The minimum Gasteiger partial charge on any atom is -0.326 e. The van der Waals surface area contributed by atoms with E-state index in [1.807, 2.05) is 6.92 Å². The van der Waals surface area contributed by atoms with Gasteiger partial charge in [-0.3, -0.25) is 14.4 Å². The van der Waals surface area contributed by atoms with Crippen molar-refractivity contribution in [3.63, 3.8) is 0 Å². The highest BCUT2D eigenvalue weighted by molar-refractivity contribution is 9.10. The summed E-state index contributed by atoms with van der Waals surface area (Å²) in [6, 6.07) is 11.3. The molecule has 1 aliphatic heterocycles. The Labute approximate surface area is 202 Å². The zero-order chi connectivity index (χ0) is 24.6. The first-order valence-corrected chi connectivity index (χ1v) is 12.7. The van der Waals surface area contributed by atoms with Crippen LogP contribution in [0.3, 0.4) is 0 Å². The van der Waals surface area contributed by atoms with E-state index in [1.54, 1.807) is 50.2 Å². The van der Waals surface area contributed by atoms with Crippen LogP contribution in [0.15, 0.2) is 57.9 Å². The lowest BCUT2D eigenvalue weighted by Crippen LogP contribution is -2.55. The van der Waals surface area contributed by atoms with Gasteiger partial charge in [-0.25, -0.2) is 13.3 Å². The third kappa shape index (κ3) is 5.02. The summed E-state index contributed by atoms with van der Waals surface area (Å²) in [5, 5.41) is 2.62. The monoisotopic (exact) mass is 535 g/mol. The molecular formula is C23H26BrN3O5S. The minimum atomic E-state index is -4.09. The van der Waals surface area contributed by atoms with Gasteiger partial charge < -0.3 is 5.32 Å². The number of carbonyl (C=O) groups is 3. The molecule has 3 amide bonds. The van der Waals surface area contributed by atoms with Crippen LogP contribution in [0.1, 0.15) is 40.5 Å². The molecular weight excluding hydrogens is 510 g/mol. The van der Waals surface area contributed by atoms with Crippen LogP contribution in [-0.2, 0) is 24.4 Å². The van der Waals surface area contributed by atoms with E-state index in [0.29, 0.717) is 17.8 Å². The lowest BCUT2D eigenvalue weighted by Gasteiger charge is -2.39. The van der Waals surface area contributed by atoms with E-state index in [1.165, 1.54) is 23.4 Å². The molecule has 1 atom stereocenters. The van der Waals surface area contributed by atoms with E-state index >= 15 is 0 Å². The zero-order valence-corrected chi connectivity index (χ0v) is 21.2. The molecule has 3 rings (SSSR count). The fraction of sp³-hybridized carbons (Fsp3) is 0.348. The molecule has 0 aromatic heterocycles. The van der Waals surface area contributed by atoms with Gasteiger partial charge in [0, 0.05) is 22.6 Å². The maximum absolute atomic E-state index is 13.7. The number of benzene rings is 2. The van der Waals surface area contributed by atoms with Crippen molar-refractivity contribution in [2.45, 2.75) is 57.0 Å². The van der Waals surface area contributed by atoms with Crippen molar-refractivity contribution in [1.82, 2.24) is 4.31 Å². The van der Waals surface area contributed by atoms with Gasteiger partial charge >= 0.3 is 0 Å². The van der Waals surface area contributed by atoms with Crippen molar-refractivity contribution in [2.24, 2.45) is 0 Å². The van der Waals surface area contributed by atoms with Gasteiger partial charge in [-0.1, -0.05) is 22.9 Å². The molecule has 1 N–H and O–H groups in total. The second kappa shape index (κ2) is 9.36. The molecule has 1 saturated heterocycles. The van der Waals surface area contributed by atoms with E-state index in [-0.39, 0.29) is 17.2 Å². The topological polar surface area (TPSA) is 104 Å². The highest BCUT2D eigenvalue weighted by atomic mass is 79.9. The van der Waals surface area contributed by atoms with Crippen LogP contribution in [0.4, 0.5) is 11.4 Å². The van der Waals surface area contributed by atoms with Crippen LogP contribution >= 0.6 is 15.9 Å². The molecule has 0 radical (unpaired) electrons. The maximum atomic E-state index is 13.7. The van der Waals surface area contributed by atoms with Crippen molar-refractivity contribution in [3.05, 3.63) is 53.0 Å². The molecule has 1 heterocycles. The van der Waals surface area contributed by atoms with Crippen molar-refractivity contribution in [2.75, 3.05) is 10.2 Å². The number of amides is 3. The minimum absolute atomic E-state index is 0.0468. The van der Waals surface area contributed by atoms with Gasteiger partial charge in [-0.2, -0.15) is 4.31 Å². The highest BCUT2D eigenvalue weighted by Gasteiger charge is 2.51. The summed E-state index contributed by atoms with van der Waals surface area (Å²) in [5.74, 6) is -1.33. The van der Waals surface area contributed by atoms with Gasteiger partial charge in [0.25, 0.3) is 5.91 Å². The predicted octanol–water partition coefficient (Wildman–Crippen LogP) is 3.92. The Morgan fingerprint density at radius 1 is 1.12 bits per heavy atom. The molecule has 33 heavy (non-hydrogen) atoms. The molecule has 2 aromatic carbocycles. The van der Waals surface area contributed by atoms with Gasteiger partial charge in [-0.05, 0) is 68.8 Å². The average Bonchev–Trinajstić information content (AvgIpc) is 3.01. The SMILES string of the molecule is CCC(C)(C)N(C1CC(=O)N(c2ccc(NC(C)=O)cc2)C1=O)S(=O)(=O)c1ccc(Br)cc1. The molecule has 10 heteroatoms. The number of carbonyl (C=O) groups excluding carboxylic acids is 3. The summed E-state index contributed by atoms with van der Waals surface area (Å²) in [5.41, 5.74) is -0.0806. The van der Waals surface area contributed by atoms with Crippen LogP contribution in [-0.4, -0.2) is 42.0 Å². The Balaban J connectivity index is 2.01. The Morgan fingerprint density at radius 3 is 2.21 bits per heavy atom. The van der Waals surface area contributed by atoms with Crippen LogP contribution in [0.2, 0.25) is 0 Å². The van der Waals surface area contributed by atoms with Gasteiger partial charge in [0.1, 0.15) is 6.04 Å². The molecule has 1 unspecified atom stereocenters. The summed E-state index contributed by atoms with van der Waals surface area (Å²) >= 11 is 3.30. The second-order valence-electron chi connectivity index (χ2n) is 8.44. The summed E-state index contributed by atoms with van der Waals surface area (Å²) < 4.78 is 29.2. The third-order valence-electron chi connectivity index (χ3n) is 5.68. The zero-order valence-electron chi connectivity index (χ0n) is 18.8. The van der Waals surface area contributed by atoms with Crippen LogP contribution in [0.5, 0.6) is 0 Å². The maximum Gasteiger partial charge on any atom is 0.252 e. The van der Waals surface area contributed by atoms with Crippen LogP contribution < -0.4 is 10.2 Å². The summed E-state index contributed by atoms with van der Waals surface area (Å²) in [6.07, 6.45) is 0.178. The molecule has 0 aliphatic carbocycles. The van der Waals surface area contributed by atoms with E-state index in [9.17, 15) is 22.8 Å². The van der Waals surface area contributed by atoms with Gasteiger partial charge in [0.2, 0.25) is 21.8 Å². The smallest absolute Gasteiger partial charge is 0.252 e.